The van der Waals surface area contributed by atoms with Crippen LogP contribution in [0.1, 0.15) is 41.6 Å². The SMILES string of the molecule is O=C(CC1(C(=O)O)CCC1)N1CCN(C(=O)c2ccc(C(F)(F)F)cc2)CC1. The smallest absolute Gasteiger partial charge is 0.416 e. The number of carboxylic acid groups (broad SMARTS) is 1. The summed E-state index contributed by atoms with van der Waals surface area (Å²) in [7, 11) is 0. The Kier molecular flexibility index (Phi) is 5.36. The highest BCUT2D eigenvalue weighted by Crippen LogP contribution is 2.44. The Morgan fingerprint density at radius 3 is 1.93 bits per heavy atom. The largest absolute Gasteiger partial charge is 0.481 e. The number of aliphatic carboxylic acids is 1. The fraction of sp³-hybridized carbons (Fsp3) is 0.526. The van der Waals surface area contributed by atoms with E-state index in [9.17, 15) is 32.7 Å². The van der Waals surface area contributed by atoms with Crippen molar-refractivity contribution >= 4 is 17.8 Å². The molecule has 3 rings (SSSR count). The Morgan fingerprint density at radius 2 is 1.50 bits per heavy atom. The molecule has 1 aliphatic heterocycles. The third kappa shape index (κ3) is 3.98. The molecule has 1 N–H and O–H groups in total. The van der Waals surface area contributed by atoms with Crippen LogP contribution in [-0.2, 0) is 15.8 Å². The summed E-state index contributed by atoms with van der Waals surface area (Å²) in [6, 6.07) is 4.04. The lowest BCUT2D eigenvalue weighted by Gasteiger charge is -2.40. The Balaban J connectivity index is 1.55. The predicted octanol–water partition coefficient (Wildman–Crippen LogP) is 2.63. The van der Waals surface area contributed by atoms with E-state index in [2.05, 4.69) is 0 Å². The number of rotatable bonds is 4. The van der Waals surface area contributed by atoms with E-state index in [4.69, 9.17) is 0 Å². The number of carbonyl (C=O) groups excluding carboxylic acids is 2. The molecular formula is C19H21F3N2O4. The summed E-state index contributed by atoms with van der Waals surface area (Å²) in [5.41, 5.74) is -1.61. The molecule has 2 amide bonds. The van der Waals surface area contributed by atoms with Crippen molar-refractivity contribution < 1.29 is 32.7 Å². The summed E-state index contributed by atoms with van der Waals surface area (Å²) >= 11 is 0. The van der Waals surface area contributed by atoms with E-state index in [1.165, 1.54) is 4.90 Å². The molecule has 2 fully saturated rings. The Bertz CT molecular complexity index is 764. The molecule has 1 aromatic rings. The van der Waals surface area contributed by atoms with E-state index in [1.54, 1.807) is 4.90 Å². The van der Waals surface area contributed by atoms with Gasteiger partial charge in [-0.05, 0) is 37.1 Å². The first-order valence-electron chi connectivity index (χ1n) is 9.10. The first-order valence-corrected chi connectivity index (χ1v) is 9.10. The van der Waals surface area contributed by atoms with Crippen LogP contribution < -0.4 is 0 Å². The first-order chi connectivity index (χ1) is 13.1. The molecule has 152 valence electrons. The van der Waals surface area contributed by atoms with Gasteiger partial charge in [0.05, 0.1) is 11.0 Å². The number of benzene rings is 1. The molecule has 6 nitrogen and oxygen atoms in total. The molecule has 0 spiro atoms. The fourth-order valence-corrected chi connectivity index (χ4v) is 3.61. The number of hydrogen-bond donors (Lipinski definition) is 1. The lowest BCUT2D eigenvalue weighted by Crippen LogP contribution is -2.52. The zero-order valence-corrected chi connectivity index (χ0v) is 15.2. The van der Waals surface area contributed by atoms with E-state index in [0.717, 1.165) is 30.7 Å². The van der Waals surface area contributed by atoms with Gasteiger partial charge in [-0.1, -0.05) is 6.42 Å². The second kappa shape index (κ2) is 7.44. The van der Waals surface area contributed by atoms with Gasteiger partial charge in [0.1, 0.15) is 0 Å². The Labute approximate surface area is 159 Å². The molecule has 28 heavy (non-hydrogen) atoms. The van der Waals surface area contributed by atoms with Crippen molar-refractivity contribution in [3.8, 4) is 0 Å². The van der Waals surface area contributed by atoms with Crippen LogP contribution in [0.4, 0.5) is 13.2 Å². The third-order valence-corrected chi connectivity index (χ3v) is 5.63. The van der Waals surface area contributed by atoms with E-state index in [0.29, 0.717) is 12.8 Å². The second-order valence-corrected chi connectivity index (χ2v) is 7.36. The minimum Gasteiger partial charge on any atom is -0.481 e. The third-order valence-electron chi connectivity index (χ3n) is 5.63. The Hall–Kier alpha value is -2.58. The minimum absolute atomic E-state index is 0.0326. The highest BCUT2D eigenvalue weighted by Gasteiger charge is 2.46. The lowest BCUT2D eigenvalue weighted by atomic mass is 9.66. The molecule has 0 unspecified atom stereocenters. The van der Waals surface area contributed by atoms with Crippen molar-refractivity contribution in [2.45, 2.75) is 31.9 Å². The van der Waals surface area contributed by atoms with Crippen molar-refractivity contribution in [1.29, 1.82) is 0 Å². The van der Waals surface area contributed by atoms with Gasteiger partial charge in [0.15, 0.2) is 0 Å². The molecule has 0 atom stereocenters. The zero-order valence-electron chi connectivity index (χ0n) is 15.2. The van der Waals surface area contributed by atoms with Crippen LogP contribution in [0.3, 0.4) is 0 Å². The molecule has 0 bridgehead atoms. The van der Waals surface area contributed by atoms with Gasteiger partial charge in [-0.2, -0.15) is 13.2 Å². The van der Waals surface area contributed by atoms with Gasteiger partial charge in [0.2, 0.25) is 5.91 Å². The van der Waals surface area contributed by atoms with Gasteiger partial charge in [-0.15, -0.1) is 0 Å². The average Bonchev–Trinajstić information content (AvgIpc) is 2.63. The van der Waals surface area contributed by atoms with Crippen molar-refractivity contribution in [2.24, 2.45) is 5.41 Å². The van der Waals surface area contributed by atoms with Gasteiger partial charge >= 0.3 is 12.1 Å². The van der Waals surface area contributed by atoms with Gasteiger partial charge in [0, 0.05) is 38.2 Å². The van der Waals surface area contributed by atoms with Crippen LogP contribution in [0.5, 0.6) is 0 Å². The summed E-state index contributed by atoms with van der Waals surface area (Å²) in [4.78, 5) is 39.4. The zero-order chi connectivity index (χ0) is 20.5. The van der Waals surface area contributed by atoms with Crippen LogP contribution in [0.15, 0.2) is 24.3 Å². The van der Waals surface area contributed by atoms with Gasteiger partial charge < -0.3 is 14.9 Å². The highest BCUT2D eigenvalue weighted by molar-refractivity contribution is 5.94. The van der Waals surface area contributed by atoms with Crippen LogP contribution in [0.2, 0.25) is 0 Å². The Morgan fingerprint density at radius 1 is 0.964 bits per heavy atom. The van der Waals surface area contributed by atoms with Crippen molar-refractivity contribution in [2.75, 3.05) is 26.2 Å². The molecule has 1 aromatic carbocycles. The molecule has 1 saturated carbocycles. The van der Waals surface area contributed by atoms with Gasteiger partial charge in [0.25, 0.3) is 5.91 Å². The number of nitrogens with zero attached hydrogens (tertiary/aromatic N) is 2. The standard InChI is InChI=1S/C19H21F3N2O4/c20-19(21,22)14-4-2-13(3-5-14)16(26)24-10-8-23(9-11-24)15(25)12-18(17(27)28)6-1-7-18/h2-5H,1,6-12H2,(H,27,28). The van der Waals surface area contributed by atoms with Gasteiger partial charge in [-0.25, -0.2) is 0 Å². The number of alkyl halides is 3. The van der Waals surface area contributed by atoms with Crippen molar-refractivity contribution in [3.05, 3.63) is 35.4 Å². The molecule has 1 aliphatic carbocycles. The molecule has 2 aliphatic rings. The highest BCUT2D eigenvalue weighted by atomic mass is 19.4. The van der Waals surface area contributed by atoms with Gasteiger partial charge in [-0.3, -0.25) is 14.4 Å². The maximum atomic E-state index is 12.6. The summed E-state index contributed by atoms with van der Waals surface area (Å²) in [5, 5.41) is 9.35. The monoisotopic (exact) mass is 398 g/mol. The second-order valence-electron chi connectivity index (χ2n) is 7.36. The fourth-order valence-electron chi connectivity index (χ4n) is 3.61. The van der Waals surface area contributed by atoms with Crippen molar-refractivity contribution in [1.82, 2.24) is 9.80 Å². The molecule has 0 aromatic heterocycles. The van der Waals surface area contributed by atoms with E-state index >= 15 is 0 Å². The van der Waals surface area contributed by atoms with Crippen LogP contribution >= 0.6 is 0 Å². The summed E-state index contributed by atoms with van der Waals surface area (Å²) < 4.78 is 37.9. The number of hydrogen-bond acceptors (Lipinski definition) is 3. The van der Waals surface area contributed by atoms with E-state index < -0.39 is 23.1 Å². The molecule has 9 heteroatoms. The molecule has 1 saturated heterocycles. The number of carboxylic acids is 1. The normalized spacial score (nSPS) is 19.1. The predicted molar refractivity (Wildman–Crippen MR) is 92.5 cm³/mol. The summed E-state index contributed by atoms with van der Waals surface area (Å²) in [6.07, 6.45) is -2.69. The number of amides is 2. The number of piperazine rings is 1. The first kappa shape index (κ1) is 20.2. The number of carbonyl (C=O) groups is 3. The van der Waals surface area contributed by atoms with Crippen molar-refractivity contribution in [3.63, 3.8) is 0 Å². The van der Waals surface area contributed by atoms with E-state index in [-0.39, 0.29) is 50.0 Å². The quantitative estimate of drug-likeness (QED) is 0.846. The average molecular weight is 398 g/mol. The van der Waals surface area contributed by atoms with Crippen LogP contribution in [-0.4, -0.2) is 58.9 Å². The molecule has 1 heterocycles. The maximum absolute atomic E-state index is 12.6. The maximum Gasteiger partial charge on any atom is 0.416 e. The minimum atomic E-state index is -4.46. The topological polar surface area (TPSA) is 77.9 Å². The molecular weight excluding hydrogens is 377 g/mol. The van der Waals surface area contributed by atoms with Crippen LogP contribution in [0.25, 0.3) is 0 Å². The van der Waals surface area contributed by atoms with Crippen LogP contribution in [0, 0.1) is 5.41 Å². The lowest BCUT2D eigenvalue weighted by molar-refractivity contribution is -0.159. The molecule has 0 radical (unpaired) electrons. The summed E-state index contributed by atoms with van der Waals surface area (Å²) in [5.74, 6) is -1.56. The summed E-state index contributed by atoms with van der Waals surface area (Å²) in [6.45, 7) is 1.07. The van der Waals surface area contributed by atoms with E-state index in [1.807, 2.05) is 0 Å². The number of halogens is 3.